The number of benzene rings is 2. The monoisotopic (exact) mass is 466 g/mol. The molecule has 1 aliphatic rings. The first kappa shape index (κ1) is 21.0. The van der Waals surface area contributed by atoms with Gasteiger partial charge in [0.1, 0.15) is 17.0 Å². The van der Waals surface area contributed by atoms with Gasteiger partial charge in [0.2, 0.25) is 10.0 Å². The van der Waals surface area contributed by atoms with Crippen molar-refractivity contribution < 1.29 is 13.2 Å². The number of fused-ring (bicyclic) bond motifs is 1. The number of nitrogens with one attached hydrogen (secondary N) is 1. The van der Waals surface area contributed by atoms with Gasteiger partial charge in [0, 0.05) is 24.5 Å². The highest BCUT2D eigenvalue weighted by Crippen LogP contribution is 2.34. The van der Waals surface area contributed by atoms with E-state index in [4.69, 9.17) is 4.74 Å². The molecule has 4 aromatic rings. The topological polar surface area (TPSA) is 84.4 Å². The summed E-state index contributed by atoms with van der Waals surface area (Å²) in [6.45, 7) is 2.18. The molecule has 0 spiro atoms. The summed E-state index contributed by atoms with van der Waals surface area (Å²) in [4.78, 5) is 11.2. The van der Waals surface area contributed by atoms with Crippen LogP contribution in [0.15, 0.2) is 71.9 Å². The van der Waals surface area contributed by atoms with Crippen LogP contribution in [0, 0.1) is 0 Å². The predicted octanol–water partition coefficient (Wildman–Crippen LogP) is 3.99. The molecule has 0 amide bonds. The zero-order valence-corrected chi connectivity index (χ0v) is 18.9. The fourth-order valence-electron chi connectivity index (χ4n) is 3.64. The maximum atomic E-state index is 12.8. The fourth-order valence-corrected chi connectivity index (χ4v) is 6.05. The maximum Gasteiger partial charge on any atom is 0.243 e. The third-order valence-electron chi connectivity index (χ3n) is 5.38. The molecule has 5 rings (SSSR count). The summed E-state index contributed by atoms with van der Waals surface area (Å²) < 4.78 is 32.3. The van der Waals surface area contributed by atoms with Crippen LogP contribution < -0.4 is 5.32 Å². The van der Waals surface area contributed by atoms with Crippen molar-refractivity contribution in [3.63, 3.8) is 0 Å². The molecule has 0 unspecified atom stereocenters. The first-order valence-corrected chi connectivity index (χ1v) is 12.6. The zero-order valence-electron chi connectivity index (χ0n) is 17.3. The van der Waals surface area contributed by atoms with E-state index in [9.17, 15) is 8.42 Å². The Balaban J connectivity index is 1.32. The van der Waals surface area contributed by atoms with Crippen LogP contribution in [0.3, 0.4) is 0 Å². The van der Waals surface area contributed by atoms with Crippen LogP contribution in [0.1, 0.15) is 5.56 Å². The Labute approximate surface area is 190 Å². The van der Waals surface area contributed by atoms with Crippen molar-refractivity contribution in [1.29, 1.82) is 0 Å². The second-order valence-electron chi connectivity index (χ2n) is 7.43. The standard InChI is InChI=1S/C23H22N4O3S2/c28-32(29,27-10-12-30-13-11-27)19-8-6-17(7-9-19)15-24-22-20-14-21(18-4-2-1-3-5-18)31-23(20)26-16-25-22/h1-9,14,16H,10-13,15H2,(H,24,25,26). The van der Waals surface area contributed by atoms with Crippen molar-refractivity contribution in [2.45, 2.75) is 11.4 Å². The number of ether oxygens (including phenoxy) is 1. The lowest BCUT2D eigenvalue weighted by atomic mass is 10.2. The predicted molar refractivity (Wildman–Crippen MR) is 126 cm³/mol. The number of aromatic nitrogens is 2. The molecule has 164 valence electrons. The van der Waals surface area contributed by atoms with Gasteiger partial charge in [0.05, 0.1) is 23.5 Å². The molecule has 0 atom stereocenters. The smallest absolute Gasteiger partial charge is 0.243 e. The lowest BCUT2D eigenvalue weighted by molar-refractivity contribution is 0.0730. The number of nitrogens with zero attached hydrogens (tertiary/aromatic N) is 3. The minimum atomic E-state index is -3.48. The molecule has 1 saturated heterocycles. The lowest BCUT2D eigenvalue weighted by Crippen LogP contribution is -2.40. The molecule has 2 aromatic heterocycles. The normalized spacial score (nSPS) is 15.1. The molecule has 7 nitrogen and oxygen atoms in total. The van der Waals surface area contributed by atoms with Gasteiger partial charge in [-0.1, -0.05) is 42.5 Å². The third kappa shape index (κ3) is 4.24. The lowest BCUT2D eigenvalue weighted by Gasteiger charge is -2.26. The van der Waals surface area contributed by atoms with Crippen LogP contribution in [-0.2, 0) is 21.3 Å². The SMILES string of the molecule is O=S(=O)(c1ccc(CNc2ncnc3sc(-c4ccccc4)cc23)cc1)N1CCOCC1. The van der Waals surface area contributed by atoms with Gasteiger partial charge in [-0.25, -0.2) is 18.4 Å². The summed E-state index contributed by atoms with van der Waals surface area (Å²) >= 11 is 1.63. The zero-order chi connectivity index (χ0) is 22.0. The number of rotatable bonds is 6. The maximum absolute atomic E-state index is 12.8. The summed E-state index contributed by atoms with van der Waals surface area (Å²) in [5.41, 5.74) is 2.12. The number of thiophene rings is 1. The van der Waals surface area contributed by atoms with Crippen molar-refractivity contribution >= 4 is 37.4 Å². The van der Waals surface area contributed by atoms with Crippen LogP contribution in [0.2, 0.25) is 0 Å². The van der Waals surface area contributed by atoms with Gasteiger partial charge in [-0.05, 0) is 29.3 Å². The summed E-state index contributed by atoms with van der Waals surface area (Å²) in [5, 5.41) is 4.34. The van der Waals surface area contributed by atoms with Crippen molar-refractivity contribution in [2.75, 3.05) is 31.6 Å². The van der Waals surface area contributed by atoms with E-state index in [0.29, 0.717) is 37.7 Å². The van der Waals surface area contributed by atoms with E-state index in [1.165, 1.54) is 4.31 Å². The Morgan fingerprint density at radius 2 is 1.75 bits per heavy atom. The molecule has 1 aliphatic heterocycles. The molecule has 1 fully saturated rings. The number of morpholine rings is 1. The second kappa shape index (κ2) is 8.95. The van der Waals surface area contributed by atoms with E-state index in [0.717, 1.165) is 32.0 Å². The van der Waals surface area contributed by atoms with Crippen LogP contribution in [0.4, 0.5) is 5.82 Å². The Kier molecular flexibility index (Phi) is 5.88. The van der Waals surface area contributed by atoms with Gasteiger partial charge in [0.15, 0.2) is 0 Å². The molecule has 2 aromatic carbocycles. The molecule has 9 heteroatoms. The minimum absolute atomic E-state index is 0.304. The summed E-state index contributed by atoms with van der Waals surface area (Å²) in [6, 6.07) is 19.3. The number of anilines is 1. The molecule has 0 radical (unpaired) electrons. The van der Waals surface area contributed by atoms with Crippen LogP contribution >= 0.6 is 11.3 Å². The highest BCUT2D eigenvalue weighted by molar-refractivity contribution is 7.89. The summed E-state index contributed by atoms with van der Waals surface area (Å²) in [6.07, 6.45) is 1.56. The van der Waals surface area contributed by atoms with Gasteiger partial charge in [-0.2, -0.15) is 4.31 Å². The highest BCUT2D eigenvalue weighted by atomic mass is 32.2. The van der Waals surface area contributed by atoms with Crippen LogP contribution in [0.5, 0.6) is 0 Å². The molecular formula is C23H22N4O3S2. The number of hydrogen-bond acceptors (Lipinski definition) is 7. The van der Waals surface area contributed by atoms with E-state index in [1.807, 2.05) is 30.3 Å². The molecule has 0 saturated carbocycles. The van der Waals surface area contributed by atoms with Gasteiger partial charge in [-0.15, -0.1) is 11.3 Å². The molecular weight excluding hydrogens is 444 g/mol. The summed E-state index contributed by atoms with van der Waals surface area (Å²) in [7, 11) is -3.48. The van der Waals surface area contributed by atoms with Crippen molar-refractivity contribution in [2.24, 2.45) is 0 Å². The van der Waals surface area contributed by atoms with E-state index < -0.39 is 10.0 Å². The summed E-state index contributed by atoms with van der Waals surface area (Å²) in [5.74, 6) is 0.762. The van der Waals surface area contributed by atoms with E-state index in [2.05, 4.69) is 33.5 Å². The van der Waals surface area contributed by atoms with E-state index in [-0.39, 0.29) is 0 Å². The number of sulfonamides is 1. The first-order valence-electron chi connectivity index (χ1n) is 10.3. The van der Waals surface area contributed by atoms with Crippen LogP contribution in [0.25, 0.3) is 20.7 Å². The van der Waals surface area contributed by atoms with Gasteiger partial charge in [-0.3, -0.25) is 0 Å². The molecule has 32 heavy (non-hydrogen) atoms. The average Bonchev–Trinajstić information content (AvgIpc) is 3.29. The fraction of sp³-hybridized carbons (Fsp3) is 0.217. The van der Waals surface area contributed by atoms with Gasteiger partial charge >= 0.3 is 0 Å². The second-order valence-corrected chi connectivity index (χ2v) is 10.4. The van der Waals surface area contributed by atoms with Crippen molar-refractivity contribution in [3.8, 4) is 10.4 Å². The Morgan fingerprint density at radius 3 is 2.50 bits per heavy atom. The Bertz CT molecular complexity index is 1320. The molecule has 0 bridgehead atoms. The Hall–Kier alpha value is -2.85. The third-order valence-corrected chi connectivity index (χ3v) is 8.38. The minimum Gasteiger partial charge on any atom is -0.379 e. The van der Waals surface area contributed by atoms with Gasteiger partial charge in [0.25, 0.3) is 0 Å². The molecule has 1 N–H and O–H groups in total. The van der Waals surface area contributed by atoms with E-state index >= 15 is 0 Å². The van der Waals surface area contributed by atoms with Crippen LogP contribution in [-0.4, -0.2) is 49.0 Å². The Morgan fingerprint density at radius 1 is 1.00 bits per heavy atom. The highest BCUT2D eigenvalue weighted by Gasteiger charge is 2.26. The van der Waals surface area contributed by atoms with Gasteiger partial charge < -0.3 is 10.1 Å². The quantitative estimate of drug-likeness (QED) is 0.463. The molecule has 0 aliphatic carbocycles. The number of hydrogen-bond donors (Lipinski definition) is 1. The van der Waals surface area contributed by atoms with E-state index in [1.54, 1.807) is 29.8 Å². The largest absolute Gasteiger partial charge is 0.379 e. The molecule has 3 heterocycles. The average molecular weight is 467 g/mol. The van der Waals surface area contributed by atoms with Crippen molar-refractivity contribution in [3.05, 3.63) is 72.6 Å². The first-order chi connectivity index (χ1) is 15.6. The van der Waals surface area contributed by atoms with Crippen molar-refractivity contribution in [1.82, 2.24) is 14.3 Å².